The van der Waals surface area contributed by atoms with Gasteiger partial charge in [0.15, 0.2) is 0 Å². The van der Waals surface area contributed by atoms with Crippen LogP contribution in [0.15, 0.2) is 79.3 Å². The van der Waals surface area contributed by atoms with Crippen LogP contribution in [0.25, 0.3) is 37.0 Å². The second-order valence-corrected chi connectivity index (χ2v) is 9.07. The standard InChI is InChI=1S/C27H25N3O2S/c1-3-19(16-32-2)29-27(31)24-15-28-17-30(24)20-9-6-8-18(14-20)21-11-7-12-23-22-10-4-5-13-25(22)33-26(21)23/h4-15,17,19H,3,16H2,1-2H3,(H,29,31). The molecule has 2 heterocycles. The molecule has 1 N–H and O–H groups in total. The summed E-state index contributed by atoms with van der Waals surface area (Å²) in [5.41, 5.74) is 3.69. The van der Waals surface area contributed by atoms with E-state index in [1.165, 1.54) is 25.7 Å². The highest BCUT2D eigenvalue weighted by atomic mass is 32.1. The summed E-state index contributed by atoms with van der Waals surface area (Å²) in [6.07, 6.45) is 4.09. The molecule has 0 bridgehead atoms. The molecule has 1 amide bonds. The fourth-order valence-corrected chi connectivity index (χ4v) is 5.43. The zero-order valence-electron chi connectivity index (χ0n) is 18.6. The van der Waals surface area contributed by atoms with Crippen LogP contribution in [0.2, 0.25) is 0 Å². The van der Waals surface area contributed by atoms with Gasteiger partial charge in [0.1, 0.15) is 5.69 Å². The van der Waals surface area contributed by atoms with Crippen LogP contribution in [0.5, 0.6) is 0 Å². The van der Waals surface area contributed by atoms with Crippen molar-refractivity contribution in [3.05, 3.63) is 84.9 Å². The Morgan fingerprint density at radius 2 is 1.91 bits per heavy atom. The number of nitrogens with zero attached hydrogens (tertiary/aromatic N) is 2. The molecular formula is C27H25N3O2S. The molecule has 166 valence electrons. The predicted molar refractivity (Wildman–Crippen MR) is 135 cm³/mol. The molecule has 5 aromatic rings. The van der Waals surface area contributed by atoms with Crippen molar-refractivity contribution in [2.75, 3.05) is 13.7 Å². The molecule has 5 nitrogen and oxygen atoms in total. The predicted octanol–water partition coefficient (Wildman–Crippen LogP) is 6.06. The summed E-state index contributed by atoms with van der Waals surface area (Å²) in [5.74, 6) is -0.159. The monoisotopic (exact) mass is 455 g/mol. The van der Waals surface area contributed by atoms with E-state index in [2.05, 4.69) is 64.9 Å². The number of ether oxygens (including phenoxy) is 1. The van der Waals surface area contributed by atoms with Crippen molar-refractivity contribution in [3.63, 3.8) is 0 Å². The number of hydrogen-bond acceptors (Lipinski definition) is 4. The molecule has 33 heavy (non-hydrogen) atoms. The highest BCUT2D eigenvalue weighted by Gasteiger charge is 2.17. The van der Waals surface area contributed by atoms with Gasteiger partial charge in [-0.25, -0.2) is 4.98 Å². The Kier molecular flexibility index (Phi) is 5.94. The van der Waals surface area contributed by atoms with Crippen molar-refractivity contribution in [1.29, 1.82) is 0 Å². The Morgan fingerprint density at radius 1 is 1.09 bits per heavy atom. The van der Waals surface area contributed by atoms with Crippen LogP contribution in [0.3, 0.4) is 0 Å². The molecular weight excluding hydrogens is 430 g/mol. The van der Waals surface area contributed by atoms with Crippen LogP contribution < -0.4 is 5.32 Å². The maximum atomic E-state index is 12.9. The van der Waals surface area contributed by atoms with Gasteiger partial charge in [-0.2, -0.15) is 0 Å². The Hall–Kier alpha value is -3.48. The number of aromatic nitrogens is 2. The van der Waals surface area contributed by atoms with E-state index in [1.54, 1.807) is 19.6 Å². The van der Waals surface area contributed by atoms with Crippen LogP contribution in [-0.2, 0) is 4.74 Å². The molecule has 0 aliphatic heterocycles. The zero-order valence-corrected chi connectivity index (χ0v) is 19.4. The van der Waals surface area contributed by atoms with Gasteiger partial charge in [0.2, 0.25) is 0 Å². The minimum Gasteiger partial charge on any atom is -0.383 e. The van der Waals surface area contributed by atoms with Gasteiger partial charge in [0, 0.05) is 33.0 Å². The van der Waals surface area contributed by atoms with E-state index in [0.717, 1.165) is 17.7 Å². The van der Waals surface area contributed by atoms with Crippen molar-refractivity contribution in [2.24, 2.45) is 0 Å². The number of thiophene rings is 1. The van der Waals surface area contributed by atoms with Gasteiger partial charge in [-0.3, -0.25) is 9.36 Å². The molecule has 0 saturated carbocycles. The number of hydrogen-bond donors (Lipinski definition) is 1. The first-order chi connectivity index (χ1) is 16.2. The number of imidazole rings is 1. The highest BCUT2D eigenvalue weighted by Crippen LogP contribution is 2.40. The van der Waals surface area contributed by atoms with E-state index in [4.69, 9.17) is 4.74 Å². The molecule has 0 fully saturated rings. The van der Waals surface area contributed by atoms with Crippen LogP contribution in [0.4, 0.5) is 0 Å². The molecule has 0 aliphatic carbocycles. The topological polar surface area (TPSA) is 56.1 Å². The first-order valence-electron chi connectivity index (χ1n) is 11.0. The van der Waals surface area contributed by atoms with Crippen molar-refractivity contribution < 1.29 is 9.53 Å². The molecule has 0 radical (unpaired) electrons. The fourth-order valence-electron chi connectivity index (χ4n) is 4.19. The second kappa shape index (κ2) is 9.17. The molecule has 0 spiro atoms. The van der Waals surface area contributed by atoms with Crippen LogP contribution in [0.1, 0.15) is 23.8 Å². The van der Waals surface area contributed by atoms with E-state index in [9.17, 15) is 4.79 Å². The lowest BCUT2D eigenvalue weighted by Crippen LogP contribution is -2.38. The summed E-state index contributed by atoms with van der Waals surface area (Å²) in [4.78, 5) is 17.2. The van der Waals surface area contributed by atoms with E-state index in [1.807, 2.05) is 35.0 Å². The normalized spacial score (nSPS) is 12.3. The minimum absolute atomic E-state index is 0.0391. The summed E-state index contributed by atoms with van der Waals surface area (Å²) in [7, 11) is 1.64. The molecule has 6 heteroatoms. The quantitative estimate of drug-likeness (QED) is 0.324. The smallest absolute Gasteiger partial charge is 0.270 e. The number of carbonyl (C=O) groups excluding carboxylic acids is 1. The van der Waals surface area contributed by atoms with Crippen LogP contribution in [0, 0.1) is 0 Å². The second-order valence-electron chi connectivity index (χ2n) is 8.01. The summed E-state index contributed by atoms with van der Waals surface area (Å²) >= 11 is 1.81. The van der Waals surface area contributed by atoms with Gasteiger partial charge in [-0.05, 0) is 35.7 Å². The van der Waals surface area contributed by atoms with Gasteiger partial charge >= 0.3 is 0 Å². The largest absolute Gasteiger partial charge is 0.383 e. The van der Waals surface area contributed by atoms with E-state index >= 15 is 0 Å². The van der Waals surface area contributed by atoms with Gasteiger partial charge in [-0.15, -0.1) is 11.3 Å². The lowest BCUT2D eigenvalue weighted by Gasteiger charge is -2.17. The van der Waals surface area contributed by atoms with Crippen molar-refractivity contribution in [2.45, 2.75) is 19.4 Å². The summed E-state index contributed by atoms with van der Waals surface area (Å²) in [6.45, 7) is 2.50. The minimum atomic E-state index is -0.159. The highest BCUT2D eigenvalue weighted by molar-refractivity contribution is 7.26. The zero-order chi connectivity index (χ0) is 22.8. The number of rotatable bonds is 7. The molecule has 2 aromatic heterocycles. The Bertz CT molecular complexity index is 1440. The van der Waals surface area contributed by atoms with Gasteiger partial charge in [-0.1, -0.05) is 55.5 Å². The summed E-state index contributed by atoms with van der Waals surface area (Å²) in [5, 5.41) is 5.59. The number of fused-ring (bicyclic) bond motifs is 3. The van der Waals surface area contributed by atoms with Crippen molar-refractivity contribution in [3.8, 4) is 16.8 Å². The van der Waals surface area contributed by atoms with Crippen LogP contribution >= 0.6 is 11.3 Å². The third-order valence-corrected chi connectivity index (χ3v) is 7.13. The van der Waals surface area contributed by atoms with Crippen molar-refractivity contribution >= 4 is 37.4 Å². The Labute approximate surface area is 196 Å². The summed E-state index contributed by atoms with van der Waals surface area (Å²) < 4.78 is 9.60. The number of methoxy groups -OCH3 is 1. The summed E-state index contributed by atoms with van der Waals surface area (Å²) in [6, 6.07) is 23.2. The maximum absolute atomic E-state index is 12.9. The number of amides is 1. The van der Waals surface area contributed by atoms with Gasteiger partial charge < -0.3 is 10.1 Å². The average molecular weight is 456 g/mol. The average Bonchev–Trinajstić information content (AvgIpc) is 3.49. The SMILES string of the molecule is CCC(COC)NC(=O)c1cncn1-c1cccc(-c2cccc3c2sc2ccccc23)c1. The number of benzene rings is 3. The molecule has 5 rings (SSSR count). The van der Waals surface area contributed by atoms with E-state index < -0.39 is 0 Å². The maximum Gasteiger partial charge on any atom is 0.270 e. The third-order valence-electron chi connectivity index (χ3n) is 5.91. The first-order valence-corrected chi connectivity index (χ1v) is 11.8. The molecule has 0 saturated heterocycles. The van der Waals surface area contributed by atoms with Crippen LogP contribution in [-0.4, -0.2) is 35.2 Å². The molecule has 3 aromatic carbocycles. The fraction of sp³-hybridized carbons (Fsp3) is 0.185. The first kappa shape index (κ1) is 21.4. The number of carbonyl (C=O) groups is 1. The molecule has 0 aliphatic rings. The van der Waals surface area contributed by atoms with E-state index in [0.29, 0.717) is 12.3 Å². The molecule has 1 unspecified atom stereocenters. The number of nitrogens with one attached hydrogen (secondary N) is 1. The molecule has 1 atom stereocenters. The lowest BCUT2D eigenvalue weighted by atomic mass is 10.0. The lowest BCUT2D eigenvalue weighted by molar-refractivity contribution is 0.0888. The van der Waals surface area contributed by atoms with Gasteiger partial charge in [0.05, 0.1) is 25.2 Å². The van der Waals surface area contributed by atoms with E-state index in [-0.39, 0.29) is 11.9 Å². The van der Waals surface area contributed by atoms with Crippen molar-refractivity contribution in [1.82, 2.24) is 14.9 Å². The van der Waals surface area contributed by atoms with Gasteiger partial charge in [0.25, 0.3) is 5.91 Å². The Balaban J connectivity index is 1.53. The Morgan fingerprint density at radius 3 is 2.76 bits per heavy atom. The third kappa shape index (κ3) is 4.03.